The third-order valence-corrected chi connectivity index (χ3v) is 15.4. The molecule has 0 aliphatic rings. The summed E-state index contributed by atoms with van der Waals surface area (Å²) in [5.74, 6) is -1.35. The largest absolute Gasteiger partial charge is 0.511 e. The Kier molecular flexibility index (Phi) is 12.8. The van der Waals surface area contributed by atoms with Crippen LogP contribution in [0.1, 0.15) is 50.9 Å². The monoisotopic (exact) mass is 734 g/mol. The molecular formula is C43H46FNO5PSi+. The highest BCUT2D eigenvalue weighted by atomic mass is 31.1. The van der Waals surface area contributed by atoms with E-state index in [0.29, 0.717) is 6.42 Å². The number of hydrogen-bond donors (Lipinski definition) is 1. The zero-order valence-electron chi connectivity index (χ0n) is 30.4. The summed E-state index contributed by atoms with van der Waals surface area (Å²) in [4.78, 5) is 17.2. The van der Waals surface area contributed by atoms with E-state index in [0.717, 1.165) is 49.6 Å². The van der Waals surface area contributed by atoms with E-state index in [-0.39, 0.29) is 30.0 Å². The van der Waals surface area contributed by atoms with Crippen molar-refractivity contribution in [2.45, 2.75) is 58.6 Å². The van der Waals surface area contributed by atoms with Crippen LogP contribution in [0, 0.1) is 12.7 Å². The van der Waals surface area contributed by atoms with Gasteiger partial charge in [0.2, 0.25) is 6.16 Å². The average molecular weight is 735 g/mol. The SMILES string of the molecule is CCc1nc(-c2ccccc2)c(C)c(-c2ccc(F)cc2)c1/C=C/CO[P+](=O)C[C@H](CC(=O)O)O[Si](c1ccccc1)(c1ccccc1)C(C)(C)C. The van der Waals surface area contributed by atoms with Gasteiger partial charge in [0.1, 0.15) is 18.5 Å². The smallest absolute Gasteiger partial charge is 0.481 e. The molecule has 0 bridgehead atoms. The number of aliphatic carboxylic acids is 1. The van der Waals surface area contributed by atoms with Gasteiger partial charge < -0.3 is 9.53 Å². The van der Waals surface area contributed by atoms with Crippen LogP contribution < -0.4 is 10.4 Å². The molecule has 6 nitrogen and oxygen atoms in total. The Morgan fingerprint density at radius 1 is 0.885 bits per heavy atom. The minimum Gasteiger partial charge on any atom is -0.481 e. The van der Waals surface area contributed by atoms with Crippen molar-refractivity contribution in [2.24, 2.45) is 0 Å². The normalized spacial score (nSPS) is 12.9. The maximum atomic E-state index is 14.0. The van der Waals surface area contributed by atoms with Crippen LogP contribution in [0.2, 0.25) is 5.04 Å². The van der Waals surface area contributed by atoms with Gasteiger partial charge in [-0.2, -0.15) is 0 Å². The minimum atomic E-state index is -3.11. The Bertz CT molecular complexity index is 1960. The van der Waals surface area contributed by atoms with Gasteiger partial charge in [0.15, 0.2) is 0 Å². The van der Waals surface area contributed by atoms with Gasteiger partial charge in [-0.3, -0.25) is 9.78 Å². The Morgan fingerprint density at radius 3 is 1.96 bits per heavy atom. The summed E-state index contributed by atoms with van der Waals surface area (Å²) >= 11 is 0. The number of aromatic nitrogens is 1. The van der Waals surface area contributed by atoms with Crippen molar-refractivity contribution in [3.8, 4) is 22.4 Å². The zero-order valence-corrected chi connectivity index (χ0v) is 32.3. The topological polar surface area (TPSA) is 85.7 Å². The standard InChI is InChI=1S/C43H45FNO5PSi/c1-6-39-38(41(32-24-26-34(44)27-25-32)31(2)42(45-39)33-17-10-7-11-18-33)23-16-28-49-51(48)30-35(29-40(46)47)50-52(43(3,4)5,36-19-12-8-13-20-36)37-21-14-9-15-22-37/h7-27,35H,6,28-30H2,1-5H3/p+1/b23-16+/t35-/m0/s1. The lowest BCUT2D eigenvalue weighted by atomic mass is 9.90. The molecule has 0 fully saturated rings. The van der Waals surface area contributed by atoms with Crippen LogP contribution in [0.3, 0.4) is 0 Å². The average Bonchev–Trinajstić information content (AvgIpc) is 3.13. The molecule has 0 radical (unpaired) electrons. The van der Waals surface area contributed by atoms with Crippen molar-refractivity contribution in [3.63, 3.8) is 0 Å². The van der Waals surface area contributed by atoms with Crippen molar-refractivity contribution in [1.82, 2.24) is 4.98 Å². The number of hydrogen-bond acceptors (Lipinski definition) is 5. The first kappa shape index (κ1) is 38.6. The van der Waals surface area contributed by atoms with Gasteiger partial charge in [-0.1, -0.05) is 143 Å². The Balaban J connectivity index is 1.42. The highest BCUT2D eigenvalue weighted by Gasteiger charge is 2.52. The summed E-state index contributed by atoms with van der Waals surface area (Å²) < 4.78 is 40.4. The lowest BCUT2D eigenvalue weighted by molar-refractivity contribution is -0.138. The molecule has 0 saturated carbocycles. The molecule has 1 aromatic heterocycles. The Labute approximate surface area is 308 Å². The first-order valence-corrected chi connectivity index (χ1v) is 20.8. The molecule has 268 valence electrons. The van der Waals surface area contributed by atoms with Crippen LogP contribution in [0.4, 0.5) is 4.39 Å². The van der Waals surface area contributed by atoms with Gasteiger partial charge in [-0.15, -0.1) is 4.52 Å². The lowest BCUT2D eigenvalue weighted by Gasteiger charge is -2.44. The van der Waals surface area contributed by atoms with E-state index in [1.165, 1.54) is 12.1 Å². The molecular weight excluding hydrogens is 689 g/mol. The van der Waals surface area contributed by atoms with Crippen molar-refractivity contribution < 1.29 is 27.8 Å². The van der Waals surface area contributed by atoms with Crippen LogP contribution >= 0.6 is 8.03 Å². The van der Waals surface area contributed by atoms with Crippen LogP contribution in [-0.4, -0.2) is 43.2 Å². The van der Waals surface area contributed by atoms with Crippen molar-refractivity contribution in [2.75, 3.05) is 12.8 Å². The van der Waals surface area contributed by atoms with Gasteiger partial charge in [0, 0.05) is 16.8 Å². The predicted molar refractivity (Wildman–Crippen MR) is 211 cm³/mol. The fourth-order valence-corrected chi connectivity index (χ4v) is 12.6. The number of carboxylic acid groups (broad SMARTS) is 1. The van der Waals surface area contributed by atoms with Crippen LogP contribution in [0.5, 0.6) is 0 Å². The number of carboxylic acids is 1. The third kappa shape index (κ3) is 8.88. The number of rotatable bonds is 15. The van der Waals surface area contributed by atoms with E-state index in [1.54, 1.807) is 18.2 Å². The molecule has 5 aromatic rings. The second-order valence-electron chi connectivity index (χ2n) is 13.8. The van der Waals surface area contributed by atoms with E-state index >= 15 is 0 Å². The number of aryl methyl sites for hydroxylation is 1. The molecule has 0 aliphatic carbocycles. The van der Waals surface area contributed by atoms with Gasteiger partial charge >= 0.3 is 14.0 Å². The summed E-state index contributed by atoms with van der Waals surface area (Å²) in [5.41, 5.74) is 6.35. The quantitative estimate of drug-likeness (QED) is 0.0852. The van der Waals surface area contributed by atoms with E-state index < -0.39 is 28.4 Å². The van der Waals surface area contributed by atoms with Gasteiger partial charge in [-0.05, 0) is 62.1 Å². The summed E-state index contributed by atoms with van der Waals surface area (Å²) in [7, 11) is -5.40. The molecule has 1 heterocycles. The fraction of sp³-hybridized carbons (Fsp3) is 0.256. The zero-order chi connectivity index (χ0) is 37.3. The number of benzene rings is 4. The molecule has 52 heavy (non-hydrogen) atoms. The van der Waals surface area contributed by atoms with Gasteiger partial charge in [0.05, 0.1) is 12.1 Å². The van der Waals surface area contributed by atoms with E-state index in [2.05, 4.69) is 20.8 Å². The third-order valence-electron chi connectivity index (χ3n) is 9.19. The van der Waals surface area contributed by atoms with E-state index in [4.69, 9.17) is 13.9 Å². The highest BCUT2D eigenvalue weighted by Crippen LogP contribution is 2.40. The van der Waals surface area contributed by atoms with Gasteiger partial charge in [-0.25, -0.2) is 4.39 Å². The molecule has 0 aliphatic heterocycles. The summed E-state index contributed by atoms with van der Waals surface area (Å²) in [6.07, 6.45) is 3.12. The maximum Gasteiger partial charge on any atom is 0.511 e. The van der Waals surface area contributed by atoms with E-state index in [9.17, 15) is 18.9 Å². The number of carbonyl (C=O) groups is 1. The Hall–Kier alpha value is -4.59. The van der Waals surface area contributed by atoms with Crippen LogP contribution in [-0.2, 0) is 24.7 Å². The second kappa shape index (κ2) is 17.3. The molecule has 1 unspecified atom stereocenters. The summed E-state index contributed by atoms with van der Waals surface area (Å²) in [5, 5.41) is 11.6. The first-order valence-electron chi connectivity index (χ1n) is 17.5. The number of pyridine rings is 1. The lowest BCUT2D eigenvalue weighted by Crippen LogP contribution is -2.68. The summed E-state index contributed by atoms with van der Waals surface area (Å²) in [6.45, 7) is 10.4. The molecule has 0 spiro atoms. The molecule has 1 N–H and O–H groups in total. The number of halogens is 1. The van der Waals surface area contributed by atoms with Gasteiger partial charge in [0.25, 0.3) is 8.32 Å². The molecule has 9 heteroatoms. The molecule has 2 atom stereocenters. The van der Waals surface area contributed by atoms with Crippen molar-refractivity contribution >= 4 is 38.8 Å². The first-order chi connectivity index (χ1) is 24.9. The molecule has 0 amide bonds. The van der Waals surface area contributed by atoms with Crippen LogP contribution in [0.25, 0.3) is 28.5 Å². The molecule has 0 saturated heterocycles. The number of nitrogens with zero attached hydrogens (tertiary/aromatic N) is 1. The summed E-state index contributed by atoms with van der Waals surface area (Å²) in [6, 6.07) is 36.3. The predicted octanol–water partition coefficient (Wildman–Crippen LogP) is 9.62. The van der Waals surface area contributed by atoms with E-state index in [1.807, 2.05) is 111 Å². The highest BCUT2D eigenvalue weighted by molar-refractivity contribution is 7.39. The van der Waals surface area contributed by atoms with Crippen molar-refractivity contribution in [3.05, 3.63) is 144 Å². The maximum absolute atomic E-state index is 14.0. The minimum absolute atomic E-state index is 0.0275. The van der Waals surface area contributed by atoms with Crippen molar-refractivity contribution in [1.29, 1.82) is 0 Å². The fourth-order valence-electron chi connectivity index (χ4n) is 6.85. The molecule has 4 aromatic carbocycles. The Morgan fingerprint density at radius 2 is 1.44 bits per heavy atom. The van der Waals surface area contributed by atoms with Crippen LogP contribution in [0.15, 0.2) is 121 Å². The second-order valence-corrected chi connectivity index (χ2v) is 19.3. The molecule has 5 rings (SSSR count).